The first-order valence-corrected chi connectivity index (χ1v) is 8.35. The molecule has 0 fully saturated rings. The van der Waals surface area contributed by atoms with E-state index in [0.717, 1.165) is 11.3 Å². The normalized spacial score (nSPS) is 9.52. The molecule has 3 rings (SSSR count). The van der Waals surface area contributed by atoms with Gasteiger partial charge in [0.2, 0.25) is 0 Å². The van der Waals surface area contributed by atoms with Crippen molar-refractivity contribution >= 4 is 5.97 Å². The van der Waals surface area contributed by atoms with Gasteiger partial charge in [-0.15, -0.1) is 0 Å². The molecule has 0 aliphatic carbocycles. The molecule has 0 aliphatic heterocycles. The quantitative estimate of drug-likeness (QED) is 0.456. The second kappa shape index (κ2) is 9.93. The first-order chi connectivity index (χ1) is 12.3. The Bertz CT molecular complexity index is 750. The van der Waals surface area contributed by atoms with Crippen LogP contribution in [-0.2, 0) is 6.61 Å². The molecule has 3 nitrogen and oxygen atoms in total. The molecule has 0 radical (unpaired) electrons. The molecule has 0 unspecified atom stereocenters. The Hall–Kier alpha value is -3.07. The highest BCUT2D eigenvalue weighted by Crippen LogP contribution is 2.19. The van der Waals surface area contributed by atoms with E-state index in [4.69, 9.17) is 9.47 Å². The first-order valence-electron chi connectivity index (χ1n) is 8.35. The Morgan fingerprint density at radius 3 is 1.84 bits per heavy atom. The highest BCUT2D eigenvalue weighted by molar-refractivity contribution is 5.90. The van der Waals surface area contributed by atoms with Gasteiger partial charge in [0.25, 0.3) is 0 Å². The number of ether oxygens (including phenoxy) is 2. The lowest BCUT2D eigenvalue weighted by Crippen LogP contribution is -2.07. The standard InChI is InChI=1S/C20H16O3.C2H6/c21-20(17-9-5-2-6-10-17)23-19-13-11-18(12-14-19)22-15-16-7-3-1-4-8-16;1-2/h1-14H,15H2;1-2H3. The van der Waals surface area contributed by atoms with E-state index in [1.54, 1.807) is 48.5 Å². The second-order valence-corrected chi connectivity index (χ2v) is 5.00. The number of hydrogen-bond donors (Lipinski definition) is 0. The maximum absolute atomic E-state index is 12.0. The molecule has 3 aromatic carbocycles. The van der Waals surface area contributed by atoms with Crippen LogP contribution in [-0.4, -0.2) is 5.97 Å². The fourth-order valence-electron chi connectivity index (χ4n) is 2.09. The number of carbonyl (C=O) groups excluding carboxylic acids is 1. The summed E-state index contributed by atoms with van der Waals surface area (Å²) >= 11 is 0. The van der Waals surface area contributed by atoms with Gasteiger partial charge >= 0.3 is 5.97 Å². The summed E-state index contributed by atoms with van der Waals surface area (Å²) in [5.41, 5.74) is 1.63. The summed E-state index contributed by atoms with van der Waals surface area (Å²) < 4.78 is 11.0. The van der Waals surface area contributed by atoms with Crippen LogP contribution in [0.3, 0.4) is 0 Å². The van der Waals surface area contributed by atoms with Crippen molar-refractivity contribution in [2.45, 2.75) is 20.5 Å². The molecule has 0 spiro atoms. The van der Waals surface area contributed by atoms with Crippen LogP contribution >= 0.6 is 0 Å². The topological polar surface area (TPSA) is 35.5 Å². The van der Waals surface area contributed by atoms with E-state index in [0.29, 0.717) is 17.9 Å². The van der Waals surface area contributed by atoms with Gasteiger partial charge < -0.3 is 9.47 Å². The molecule has 25 heavy (non-hydrogen) atoms. The second-order valence-electron chi connectivity index (χ2n) is 5.00. The van der Waals surface area contributed by atoms with Crippen LogP contribution in [0.2, 0.25) is 0 Å². The van der Waals surface area contributed by atoms with Crippen molar-refractivity contribution < 1.29 is 14.3 Å². The van der Waals surface area contributed by atoms with Crippen molar-refractivity contribution in [2.75, 3.05) is 0 Å². The summed E-state index contributed by atoms with van der Waals surface area (Å²) in [5.74, 6) is 0.850. The summed E-state index contributed by atoms with van der Waals surface area (Å²) in [6.07, 6.45) is 0. The van der Waals surface area contributed by atoms with Gasteiger partial charge in [-0.25, -0.2) is 4.79 Å². The highest BCUT2D eigenvalue weighted by atomic mass is 16.5. The Balaban J connectivity index is 0.00000109. The van der Waals surface area contributed by atoms with E-state index in [-0.39, 0.29) is 5.97 Å². The molecule has 3 heteroatoms. The summed E-state index contributed by atoms with van der Waals surface area (Å²) in [5, 5.41) is 0. The van der Waals surface area contributed by atoms with Gasteiger partial charge in [0.05, 0.1) is 5.56 Å². The third-order valence-corrected chi connectivity index (χ3v) is 3.29. The summed E-state index contributed by atoms with van der Waals surface area (Å²) in [7, 11) is 0. The highest BCUT2D eigenvalue weighted by Gasteiger charge is 2.07. The number of rotatable bonds is 5. The molecule has 128 valence electrons. The third kappa shape index (κ3) is 5.81. The van der Waals surface area contributed by atoms with Gasteiger partial charge in [-0.2, -0.15) is 0 Å². The van der Waals surface area contributed by atoms with E-state index in [1.807, 2.05) is 50.2 Å². The van der Waals surface area contributed by atoms with Gasteiger partial charge in [0.1, 0.15) is 18.1 Å². The van der Waals surface area contributed by atoms with Crippen molar-refractivity contribution in [3.63, 3.8) is 0 Å². The average Bonchev–Trinajstić information content (AvgIpc) is 2.70. The minimum atomic E-state index is -0.372. The van der Waals surface area contributed by atoms with E-state index >= 15 is 0 Å². The lowest BCUT2D eigenvalue weighted by molar-refractivity contribution is 0.0734. The molecule has 0 amide bonds. The van der Waals surface area contributed by atoms with Gasteiger partial charge in [-0.1, -0.05) is 62.4 Å². The van der Waals surface area contributed by atoms with Crippen LogP contribution in [0.15, 0.2) is 84.9 Å². The third-order valence-electron chi connectivity index (χ3n) is 3.29. The van der Waals surface area contributed by atoms with E-state index in [1.165, 1.54) is 0 Å². The fourth-order valence-corrected chi connectivity index (χ4v) is 2.09. The van der Waals surface area contributed by atoms with Crippen molar-refractivity contribution in [3.8, 4) is 11.5 Å². The fraction of sp³-hybridized carbons (Fsp3) is 0.136. The molecule has 0 saturated carbocycles. The van der Waals surface area contributed by atoms with Crippen LogP contribution in [0, 0.1) is 0 Å². The van der Waals surface area contributed by atoms with Crippen molar-refractivity contribution in [1.82, 2.24) is 0 Å². The first kappa shape index (κ1) is 18.3. The molecular weight excluding hydrogens is 312 g/mol. The smallest absolute Gasteiger partial charge is 0.343 e. The Morgan fingerprint density at radius 1 is 0.720 bits per heavy atom. The molecule has 0 saturated heterocycles. The average molecular weight is 334 g/mol. The summed E-state index contributed by atoms with van der Waals surface area (Å²) in [6.45, 7) is 4.50. The zero-order valence-electron chi connectivity index (χ0n) is 14.5. The number of benzene rings is 3. The molecule has 0 atom stereocenters. The maximum Gasteiger partial charge on any atom is 0.343 e. The zero-order valence-corrected chi connectivity index (χ0v) is 14.5. The Morgan fingerprint density at radius 2 is 1.24 bits per heavy atom. The number of hydrogen-bond acceptors (Lipinski definition) is 3. The Kier molecular flexibility index (Phi) is 7.26. The molecule has 0 heterocycles. The van der Waals surface area contributed by atoms with E-state index in [9.17, 15) is 4.79 Å². The van der Waals surface area contributed by atoms with Crippen molar-refractivity contribution in [1.29, 1.82) is 0 Å². The van der Waals surface area contributed by atoms with Gasteiger partial charge in [0, 0.05) is 0 Å². The zero-order chi connectivity index (χ0) is 17.9. The summed E-state index contributed by atoms with van der Waals surface area (Å²) in [4.78, 5) is 12.0. The van der Waals surface area contributed by atoms with Crippen LogP contribution in [0.5, 0.6) is 11.5 Å². The number of esters is 1. The van der Waals surface area contributed by atoms with Gasteiger partial charge in [-0.3, -0.25) is 0 Å². The Labute approximate surface area is 148 Å². The predicted molar refractivity (Wildman–Crippen MR) is 100.0 cm³/mol. The molecule has 0 N–H and O–H groups in total. The molecule has 0 bridgehead atoms. The van der Waals surface area contributed by atoms with Gasteiger partial charge in [0.15, 0.2) is 0 Å². The van der Waals surface area contributed by atoms with E-state index < -0.39 is 0 Å². The van der Waals surface area contributed by atoms with Gasteiger partial charge in [-0.05, 0) is 42.0 Å². The predicted octanol–water partition coefficient (Wildman–Crippen LogP) is 5.51. The molecule has 3 aromatic rings. The minimum Gasteiger partial charge on any atom is -0.489 e. The number of carbonyl (C=O) groups is 1. The lowest BCUT2D eigenvalue weighted by atomic mass is 10.2. The van der Waals surface area contributed by atoms with Crippen LogP contribution in [0.1, 0.15) is 29.8 Å². The largest absolute Gasteiger partial charge is 0.489 e. The lowest BCUT2D eigenvalue weighted by Gasteiger charge is -2.08. The van der Waals surface area contributed by atoms with Crippen molar-refractivity contribution in [3.05, 3.63) is 96.1 Å². The maximum atomic E-state index is 12.0. The van der Waals surface area contributed by atoms with Crippen LogP contribution in [0.4, 0.5) is 0 Å². The van der Waals surface area contributed by atoms with Crippen LogP contribution < -0.4 is 9.47 Å². The monoisotopic (exact) mass is 334 g/mol. The molecule has 0 aliphatic rings. The molecular formula is C22H22O3. The van der Waals surface area contributed by atoms with Crippen molar-refractivity contribution in [2.24, 2.45) is 0 Å². The van der Waals surface area contributed by atoms with E-state index in [2.05, 4.69) is 0 Å². The SMILES string of the molecule is CC.O=C(Oc1ccc(OCc2ccccc2)cc1)c1ccccc1. The summed E-state index contributed by atoms with van der Waals surface area (Å²) in [6, 6.07) is 25.9. The minimum absolute atomic E-state index is 0.372. The molecule has 0 aromatic heterocycles. The van der Waals surface area contributed by atoms with Crippen LogP contribution in [0.25, 0.3) is 0 Å².